The summed E-state index contributed by atoms with van der Waals surface area (Å²) in [6, 6.07) is 10.2. The van der Waals surface area contributed by atoms with Gasteiger partial charge in [-0.2, -0.15) is 5.26 Å². The van der Waals surface area contributed by atoms with E-state index in [2.05, 4.69) is 26.9 Å². The van der Waals surface area contributed by atoms with E-state index in [1.807, 2.05) is 18.2 Å². The van der Waals surface area contributed by atoms with Crippen LogP contribution in [0.15, 0.2) is 30.5 Å². The summed E-state index contributed by atoms with van der Waals surface area (Å²) >= 11 is 12.6. The molecule has 0 N–H and O–H groups in total. The number of fused-ring (bicyclic) bond motifs is 1. The Labute approximate surface area is 157 Å². The van der Waals surface area contributed by atoms with Gasteiger partial charge in [0.1, 0.15) is 11.9 Å². The molecule has 1 saturated heterocycles. The van der Waals surface area contributed by atoms with Gasteiger partial charge in [0.25, 0.3) is 0 Å². The van der Waals surface area contributed by atoms with Crippen LogP contribution >= 0.6 is 23.2 Å². The number of aromatic nitrogens is 1. The first-order chi connectivity index (χ1) is 12.2. The molecule has 1 unspecified atom stereocenters. The predicted molar refractivity (Wildman–Crippen MR) is 100 cm³/mol. The quantitative estimate of drug-likeness (QED) is 0.796. The number of piperazine rings is 1. The highest BCUT2D eigenvalue weighted by atomic mass is 35.5. The lowest BCUT2D eigenvalue weighted by Crippen LogP contribution is -2.47. The normalized spacial score (nSPS) is 20.4. The van der Waals surface area contributed by atoms with Crippen molar-refractivity contribution in [2.24, 2.45) is 0 Å². The van der Waals surface area contributed by atoms with Crippen LogP contribution in [0, 0.1) is 11.3 Å². The highest BCUT2D eigenvalue weighted by molar-refractivity contribution is 6.35. The molecule has 1 aliphatic carbocycles. The van der Waals surface area contributed by atoms with Gasteiger partial charge in [0, 0.05) is 48.5 Å². The lowest BCUT2D eigenvalue weighted by atomic mass is 10.1. The molecule has 4 nitrogen and oxygen atoms in total. The van der Waals surface area contributed by atoms with E-state index < -0.39 is 0 Å². The van der Waals surface area contributed by atoms with Crippen molar-refractivity contribution in [3.8, 4) is 6.07 Å². The summed E-state index contributed by atoms with van der Waals surface area (Å²) in [6.07, 6.45) is 3.76. The Morgan fingerprint density at radius 2 is 1.92 bits per heavy atom. The largest absolute Gasteiger partial charge is 0.354 e. The van der Waals surface area contributed by atoms with Gasteiger partial charge in [0.15, 0.2) is 0 Å². The van der Waals surface area contributed by atoms with Crippen LogP contribution in [0.4, 0.5) is 5.82 Å². The fraction of sp³-hybridized carbons (Fsp3) is 0.368. The van der Waals surface area contributed by atoms with Gasteiger partial charge in [0.2, 0.25) is 0 Å². The van der Waals surface area contributed by atoms with Crippen LogP contribution in [0.3, 0.4) is 0 Å². The second-order valence-corrected chi connectivity index (χ2v) is 7.39. The smallest absolute Gasteiger partial charge is 0.128 e. The minimum Gasteiger partial charge on any atom is -0.354 e. The number of benzene rings is 1. The molecule has 0 spiro atoms. The Balaban J connectivity index is 1.46. The third-order valence-corrected chi connectivity index (χ3v) is 5.73. The molecule has 0 saturated carbocycles. The third-order valence-electron chi connectivity index (χ3n) is 5.18. The minimum absolute atomic E-state index is 0.405. The lowest BCUT2D eigenvalue weighted by Gasteiger charge is -2.39. The van der Waals surface area contributed by atoms with Crippen LogP contribution in [0.5, 0.6) is 0 Å². The zero-order valence-corrected chi connectivity index (χ0v) is 15.3. The van der Waals surface area contributed by atoms with Crippen molar-refractivity contribution in [2.45, 2.75) is 18.9 Å². The summed E-state index contributed by atoms with van der Waals surface area (Å²) in [7, 11) is 0. The molecule has 1 atom stereocenters. The van der Waals surface area contributed by atoms with Gasteiger partial charge in [-0.3, -0.25) is 4.90 Å². The van der Waals surface area contributed by atoms with Crippen molar-refractivity contribution in [2.75, 3.05) is 31.1 Å². The van der Waals surface area contributed by atoms with Crippen molar-refractivity contribution in [3.05, 3.63) is 57.2 Å². The zero-order chi connectivity index (χ0) is 17.4. The van der Waals surface area contributed by atoms with Gasteiger partial charge in [-0.15, -0.1) is 0 Å². The molecule has 6 heteroatoms. The molecule has 4 rings (SSSR count). The van der Waals surface area contributed by atoms with Gasteiger partial charge < -0.3 is 4.90 Å². The molecule has 25 heavy (non-hydrogen) atoms. The Kier molecular flexibility index (Phi) is 4.56. The van der Waals surface area contributed by atoms with E-state index in [4.69, 9.17) is 28.5 Å². The molecule has 2 aliphatic rings. The van der Waals surface area contributed by atoms with Gasteiger partial charge in [-0.1, -0.05) is 23.2 Å². The second-order valence-electron chi connectivity index (χ2n) is 6.55. The van der Waals surface area contributed by atoms with Crippen molar-refractivity contribution in [1.82, 2.24) is 9.88 Å². The summed E-state index contributed by atoms with van der Waals surface area (Å²) in [5.74, 6) is 0.941. The Morgan fingerprint density at radius 3 is 2.60 bits per heavy atom. The molecule has 2 aromatic rings. The van der Waals surface area contributed by atoms with Gasteiger partial charge in [0.05, 0.1) is 5.56 Å². The van der Waals surface area contributed by atoms with Crippen molar-refractivity contribution >= 4 is 29.0 Å². The van der Waals surface area contributed by atoms with E-state index in [9.17, 15) is 0 Å². The third kappa shape index (κ3) is 3.20. The van der Waals surface area contributed by atoms with Crippen molar-refractivity contribution in [3.63, 3.8) is 0 Å². The lowest BCUT2D eigenvalue weighted by molar-refractivity contribution is 0.185. The van der Waals surface area contributed by atoms with Crippen LogP contribution in [-0.2, 0) is 6.42 Å². The van der Waals surface area contributed by atoms with Crippen molar-refractivity contribution in [1.29, 1.82) is 5.26 Å². The summed E-state index contributed by atoms with van der Waals surface area (Å²) in [5, 5.41) is 10.4. The summed E-state index contributed by atoms with van der Waals surface area (Å²) in [4.78, 5) is 9.21. The Bertz CT molecular complexity index is 821. The van der Waals surface area contributed by atoms with Gasteiger partial charge in [-0.05, 0) is 48.2 Å². The fourth-order valence-electron chi connectivity index (χ4n) is 3.90. The molecule has 1 aromatic heterocycles. The van der Waals surface area contributed by atoms with E-state index in [1.54, 1.807) is 6.20 Å². The zero-order valence-electron chi connectivity index (χ0n) is 13.8. The summed E-state index contributed by atoms with van der Waals surface area (Å²) < 4.78 is 0. The van der Waals surface area contributed by atoms with Crippen LogP contribution in [-0.4, -0.2) is 36.1 Å². The molecule has 0 bridgehead atoms. The molecule has 1 fully saturated rings. The van der Waals surface area contributed by atoms with Gasteiger partial charge >= 0.3 is 0 Å². The Hall–Kier alpha value is -1.80. The maximum Gasteiger partial charge on any atom is 0.128 e. The standard InChI is InChI=1S/C19H18Cl2N4/c20-14-9-16-15(17(21)10-14)2-3-18(16)24-5-7-25(8-6-24)19-4-1-13(11-22)12-23-19/h1,4,9-10,12,18H,2-3,5-8H2. The highest BCUT2D eigenvalue weighted by Crippen LogP contribution is 2.41. The molecule has 2 heterocycles. The first kappa shape index (κ1) is 16.7. The molecule has 1 aromatic carbocycles. The molecule has 1 aliphatic heterocycles. The maximum absolute atomic E-state index is 8.88. The van der Waals surface area contributed by atoms with E-state index in [0.717, 1.165) is 54.9 Å². The van der Waals surface area contributed by atoms with Crippen LogP contribution in [0.1, 0.15) is 29.2 Å². The van der Waals surface area contributed by atoms with E-state index in [-0.39, 0.29) is 0 Å². The summed E-state index contributed by atoms with van der Waals surface area (Å²) in [5.41, 5.74) is 3.15. The van der Waals surface area contributed by atoms with Gasteiger partial charge in [-0.25, -0.2) is 4.98 Å². The first-order valence-corrected chi connectivity index (χ1v) is 9.24. The monoisotopic (exact) mass is 372 g/mol. The number of hydrogen-bond donors (Lipinski definition) is 0. The van der Waals surface area contributed by atoms with E-state index in [1.165, 1.54) is 11.1 Å². The number of halogens is 2. The number of nitriles is 1. The number of hydrogen-bond acceptors (Lipinski definition) is 4. The molecule has 0 amide bonds. The van der Waals surface area contributed by atoms with Crippen LogP contribution in [0.2, 0.25) is 10.0 Å². The SMILES string of the molecule is N#Cc1ccc(N2CCN(C3CCc4c(Cl)cc(Cl)cc43)CC2)nc1. The van der Waals surface area contributed by atoms with Crippen molar-refractivity contribution < 1.29 is 0 Å². The predicted octanol–water partition coefficient (Wildman–Crippen LogP) is 4.07. The second kappa shape index (κ2) is 6.84. The van der Waals surface area contributed by atoms with Crippen LogP contribution in [0.25, 0.3) is 0 Å². The van der Waals surface area contributed by atoms with E-state index >= 15 is 0 Å². The molecular weight excluding hydrogens is 355 g/mol. The minimum atomic E-state index is 0.405. The summed E-state index contributed by atoms with van der Waals surface area (Å²) in [6.45, 7) is 3.82. The fourth-order valence-corrected chi connectivity index (χ4v) is 4.51. The van der Waals surface area contributed by atoms with Crippen LogP contribution < -0.4 is 4.90 Å². The molecular formula is C19H18Cl2N4. The molecule has 128 valence electrons. The Morgan fingerprint density at radius 1 is 1.12 bits per heavy atom. The number of rotatable bonds is 2. The topological polar surface area (TPSA) is 43.2 Å². The first-order valence-electron chi connectivity index (χ1n) is 8.48. The van der Waals surface area contributed by atoms with E-state index in [0.29, 0.717) is 11.6 Å². The average Bonchev–Trinajstić information content (AvgIpc) is 3.06. The highest BCUT2D eigenvalue weighted by Gasteiger charge is 2.32. The number of nitrogens with zero attached hydrogens (tertiary/aromatic N) is 4. The number of pyridine rings is 1. The molecule has 0 radical (unpaired) electrons. The maximum atomic E-state index is 8.88. The average molecular weight is 373 g/mol. The number of anilines is 1.